The normalized spacial score (nSPS) is 10.9. The predicted molar refractivity (Wildman–Crippen MR) is 74.1 cm³/mol. The summed E-state index contributed by atoms with van der Waals surface area (Å²) in [6, 6.07) is 8.33. The first-order chi connectivity index (χ1) is 10.7. The molecule has 0 amide bonds. The van der Waals surface area contributed by atoms with Gasteiger partial charge in [0.2, 0.25) is 5.75 Å². The molecule has 0 aliphatic rings. The van der Waals surface area contributed by atoms with Gasteiger partial charge in [-0.05, 0) is 42.8 Å². The zero-order chi connectivity index (χ0) is 17.2. The molecule has 0 bridgehead atoms. The summed E-state index contributed by atoms with van der Waals surface area (Å²) in [5.41, 5.74) is -1.02. The van der Waals surface area contributed by atoms with Gasteiger partial charge in [0.1, 0.15) is 5.75 Å². The average Bonchev–Trinajstić information content (AvgIpc) is 2.48. The molecule has 0 fully saturated rings. The van der Waals surface area contributed by atoms with Gasteiger partial charge >= 0.3 is 11.9 Å². The van der Waals surface area contributed by atoms with Gasteiger partial charge in [-0.1, -0.05) is 0 Å². The molecule has 0 radical (unpaired) electrons. The van der Waals surface area contributed by atoms with Crippen molar-refractivity contribution < 1.29 is 22.8 Å². The van der Waals surface area contributed by atoms with Crippen LogP contribution in [0.25, 0.3) is 0 Å². The third-order valence-corrected chi connectivity index (χ3v) is 3.01. The minimum atomic E-state index is -4.69. The minimum absolute atomic E-state index is 0.215. The molecular weight excluding hydrogens is 313 g/mol. The van der Waals surface area contributed by atoms with E-state index in [1.165, 1.54) is 18.2 Å². The summed E-state index contributed by atoms with van der Waals surface area (Å²) < 4.78 is 43.3. The van der Waals surface area contributed by atoms with Crippen LogP contribution < -0.4 is 4.74 Å². The molecule has 0 N–H and O–H groups in total. The van der Waals surface area contributed by atoms with Crippen molar-refractivity contribution in [2.75, 3.05) is 0 Å². The molecule has 0 atom stereocenters. The molecule has 2 rings (SSSR count). The van der Waals surface area contributed by atoms with Gasteiger partial charge in [-0.3, -0.25) is 10.1 Å². The second-order valence-electron chi connectivity index (χ2n) is 4.63. The smallest absolute Gasteiger partial charge is 0.416 e. The summed E-state index contributed by atoms with van der Waals surface area (Å²) in [4.78, 5) is 10.1. The Hall–Kier alpha value is -3.08. The lowest BCUT2D eigenvalue weighted by Gasteiger charge is -2.11. The molecule has 0 saturated carbocycles. The Bertz CT molecular complexity index is 811. The number of nitro groups is 1. The second kappa shape index (κ2) is 5.96. The Kier molecular flexibility index (Phi) is 4.22. The SMILES string of the molecule is Cc1cc(C#N)ccc1Oc1ccc(C(F)(F)F)cc1[N+](=O)[O-]. The highest BCUT2D eigenvalue weighted by Crippen LogP contribution is 2.38. The fourth-order valence-corrected chi connectivity index (χ4v) is 1.87. The van der Waals surface area contributed by atoms with E-state index in [2.05, 4.69) is 0 Å². The van der Waals surface area contributed by atoms with E-state index in [0.29, 0.717) is 23.3 Å². The second-order valence-corrected chi connectivity index (χ2v) is 4.63. The molecule has 0 heterocycles. The molecule has 0 saturated heterocycles. The van der Waals surface area contributed by atoms with E-state index in [1.54, 1.807) is 6.92 Å². The highest BCUT2D eigenvalue weighted by atomic mass is 19.4. The Morgan fingerprint density at radius 2 is 1.83 bits per heavy atom. The Labute approximate surface area is 128 Å². The van der Waals surface area contributed by atoms with Gasteiger partial charge in [-0.25, -0.2) is 0 Å². The third kappa shape index (κ3) is 3.58. The largest absolute Gasteiger partial charge is 0.450 e. The van der Waals surface area contributed by atoms with Gasteiger partial charge in [0.15, 0.2) is 0 Å². The van der Waals surface area contributed by atoms with Gasteiger partial charge in [-0.15, -0.1) is 0 Å². The lowest BCUT2D eigenvalue weighted by molar-refractivity contribution is -0.385. The number of nitriles is 1. The lowest BCUT2D eigenvalue weighted by atomic mass is 10.1. The summed E-state index contributed by atoms with van der Waals surface area (Å²) in [5.74, 6) is -0.0948. The van der Waals surface area contributed by atoms with E-state index in [0.717, 1.165) is 6.07 Å². The molecule has 8 heteroatoms. The highest BCUT2D eigenvalue weighted by molar-refractivity contribution is 5.52. The molecule has 2 aromatic carbocycles. The van der Waals surface area contributed by atoms with Gasteiger partial charge in [0, 0.05) is 6.07 Å². The highest BCUT2D eigenvalue weighted by Gasteiger charge is 2.33. The van der Waals surface area contributed by atoms with Crippen LogP contribution in [0.4, 0.5) is 18.9 Å². The van der Waals surface area contributed by atoms with Gasteiger partial charge < -0.3 is 4.74 Å². The van der Waals surface area contributed by atoms with Crippen LogP contribution in [0.2, 0.25) is 0 Å². The molecule has 23 heavy (non-hydrogen) atoms. The van der Waals surface area contributed by atoms with Crippen LogP contribution in [0.15, 0.2) is 36.4 Å². The van der Waals surface area contributed by atoms with Crippen LogP contribution in [0.1, 0.15) is 16.7 Å². The van der Waals surface area contributed by atoms with Crippen LogP contribution in [0.3, 0.4) is 0 Å². The fraction of sp³-hybridized carbons (Fsp3) is 0.133. The van der Waals surface area contributed by atoms with E-state index >= 15 is 0 Å². The van der Waals surface area contributed by atoms with Crippen molar-refractivity contribution in [2.45, 2.75) is 13.1 Å². The molecule has 0 aromatic heterocycles. The van der Waals surface area contributed by atoms with Crippen molar-refractivity contribution in [1.82, 2.24) is 0 Å². The van der Waals surface area contributed by atoms with Crippen molar-refractivity contribution in [2.24, 2.45) is 0 Å². The Morgan fingerprint density at radius 1 is 1.17 bits per heavy atom. The molecule has 2 aromatic rings. The number of aryl methyl sites for hydroxylation is 1. The average molecular weight is 322 g/mol. The zero-order valence-electron chi connectivity index (χ0n) is 11.7. The first-order valence-electron chi connectivity index (χ1n) is 6.26. The first kappa shape index (κ1) is 16.3. The van der Waals surface area contributed by atoms with Crippen molar-refractivity contribution in [3.63, 3.8) is 0 Å². The van der Waals surface area contributed by atoms with E-state index in [1.807, 2.05) is 6.07 Å². The predicted octanol–water partition coefficient (Wildman–Crippen LogP) is 4.59. The molecule has 118 valence electrons. The molecule has 0 aliphatic carbocycles. The third-order valence-electron chi connectivity index (χ3n) is 3.01. The van der Waals surface area contributed by atoms with E-state index in [9.17, 15) is 23.3 Å². The minimum Gasteiger partial charge on any atom is -0.450 e. The zero-order valence-corrected chi connectivity index (χ0v) is 11.7. The van der Waals surface area contributed by atoms with Crippen LogP contribution >= 0.6 is 0 Å². The number of rotatable bonds is 3. The summed E-state index contributed by atoms with van der Waals surface area (Å²) >= 11 is 0. The number of nitro benzene ring substituents is 1. The van der Waals surface area contributed by atoms with Gasteiger partial charge in [0.25, 0.3) is 0 Å². The summed E-state index contributed by atoms with van der Waals surface area (Å²) in [5, 5.41) is 19.8. The maximum absolute atomic E-state index is 12.6. The van der Waals surface area contributed by atoms with Crippen molar-refractivity contribution in [3.05, 3.63) is 63.2 Å². The fourth-order valence-electron chi connectivity index (χ4n) is 1.87. The van der Waals surface area contributed by atoms with Crippen molar-refractivity contribution in [3.8, 4) is 17.6 Å². The quantitative estimate of drug-likeness (QED) is 0.612. The van der Waals surface area contributed by atoms with Crippen molar-refractivity contribution in [1.29, 1.82) is 5.26 Å². The Balaban J connectivity index is 2.44. The number of nitrogens with zero attached hydrogens (tertiary/aromatic N) is 2. The molecule has 0 aliphatic heterocycles. The Morgan fingerprint density at radius 3 is 2.35 bits per heavy atom. The summed E-state index contributed by atoms with van der Waals surface area (Å²) in [7, 11) is 0. The van der Waals surface area contributed by atoms with Crippen LogP contribution in [0.5, 0.6) is 11.5 Å². The van der Waals surface area contributed by atoms with E-state index in [4.69, 9.17) is 10.00 Å². The van der Waals surface area contributed by atoms with E-state index in [-0.39, 0.29) is 11.5 Å². The number of benzene rings is 2. The monoisotopic (exact) mass is 322 g/mol. The number of alkyl halides is 3. The van der Waals surface area contributed by atoms with Crippen molar-refractivity contribution >= 4 is 5.69 Å². The first-order valence-corrected chi connectivity index (χ1v) is 6.26. The van der Waals surface area contributed by atoms with Crippen LogP contribution in [-0.4, -0.2) is 4.92 Å². The van der Waals surface area contributed by atoms with Gasteiger partial charge in [0.05, 0.1) is 22.1 Å². The van der Waals surface area contributed by atoms with E-state index < -0.39 is 22.4 Å². The number of hydrogen-bond acceptors (Lipinski definition) is 4. The lowest BCUT2D eigenvalue weighted by Crippen LogP contribution is -2.06. The van der Waals surface area contributed by atoms with Crippen LogP contribution in [-0.2, 0) is 6.18 Å². The summed E-state index contributed by atoms with van der Waals surface area (Å²) in [6.45, 7) is 1.62. The number of hydrogen-bond donors (Lipinski definition) is 0. The molecule has 0 unspecified atom stereocenters. The van der Waals surface area contributed by atoms with Crippen LogP contribution in [0, 0.1) is 28.4 Å². The maximum Gasteiger partial charge on any atom is 0.416 e. The van der Waals surface area contributed by atoms with Gasteiger partial charge in [-0.2, -0.15) is 18.4 Å². The topological polar surface area (TPSA) is 76.2 Å². The maximum atomic E-state index is 12.6. The number of ether oxygens (including phenoxy) is 1. The molecular formula is C15H9F3N2O3. The number of halogens is 3. The standard InChI is InChI=1S/C15H9F3N2O3/c1-9-6-10(8-19)2-4-13(9)23-14-5-3-11(15(16,17)18)7-12(14)20(21)22/h2-7H,1H3. The summed E-state index contributed by atoms with van der Waals surface area (Å²) in [6.07, 6.45) is -4.69. The molecule has 0 spiro atoms. The molecule has 5 nitrogen and oxygen atoms in total.